The van der Waals surface area contributed by atoms with Crippen LogP contribution in [0.5, 0.6) is 0 Å². The minimum atomic E-state index is -0.457. The van der Waals surface area contributed by atoms with Gasteiger partial charge in [0.1, 0.15) is 5.03 Å². The van der Waals surface area contributed by atoms with E-state index in [1.807, 2.05) is 0 Å². The van der Waals surface area contributed by atoms with E-state index in [0.717, 1.165) is 0 Å². The van der Waals surface area contributed by atoms with Crippen molar-refractivity contribution in [3.8, 4) is 0 Å². The number of nitrogen functional groups attached to an aromatic ring is 1. The van der Waals surface area contributed by atoms with Crippen LogP contribution in [-0.2, 0) is 5.75 Å². The fourth-order valence-electron chi connectivity index (χ4n) is 1.42. The molecule has 6 nitrogen and oxygen atoms in total. The van der Waals surface area contributed by atoms with E-state index in [1.54, 1.807) is 12.1 Å². The van der Waals surface area contributed by atoms with Gasteiger partial charge in [-0.3, -0.25) is 10.1 Å². The zero-order chi connectivity index (χ0) is 13.8. The second-order valence-corrected chi connectivity index (χ2v) is 4.97. The molecule has 19 heavy (non-hydrogen) atoms. The Morgan fingerprint density at radius 2 is 2.11 bits per heavy atom. The zero-order valence-electron chi connectivity index (χ0n) is 9.62. The van der Waals surface area contributed by atoms with Gasteiger partial charge in [-0.2, -0.15) is 0 Å². The second kappa shape index (κ2) is 5.85. The molecule has 0 saturated heterocycles. The topological polar surface area (TPSA) is 94.9 Å². The summed E-state index contributed by atoms with van der Waals surface area (Å²) in [6.45, 7) is 0. The number of halogens is 1. The maximum absolute atomic E-state index is 10.9. The number of anilines is 1. The molecule has 0 aliphatic carbocycles. The van der Waals surface area contributed by atoms with Crippen molar-refractivity contribution in [3.05, 3.63) is 51.3 Å². The van der Waals surface area contributed by atoms with Gasteiger partial charge < -0.3 is 5.73 Å². The van der Waals surface area contributed by atoms with Gasteiger partial charge in [0.2, 0.25) is 0 Å². The van der Waals surface area contributed by atoms with Gasteiger partial charge in [-0.25, -0.2) is 9.97 Å². The number of benzene rings is 1. The highest BCUT2D eigenvalue weighted by Crippen LogP contribution is 2.30. The lowest BCUT2D eigenvalue weighted by Gasteiger charge is -2.04. The van der Waals surface area contributed by atoms with Gasteiger partial charge in [0.05, 0.1) is 4.92 Å². The molecule has 0 saturated carbocycles. The summed E-state index contributed by atoms with van der Waals surface area (Å²) in [4.78, 5) is 18.4. The van der Waals surface area contributed by atoms with E-state index in [0.29, 0.717) is 27.2 Å². The number of nitrogens with two attached hydrogens (primary N) is 1. The third kappa shape index (κ3) is 3.33. The van der Waals surface area contributed by atoms with Crippen molar-refractivity contribution >= 4 is 34.9 Å². The van der Waals surface area contributed by atoms with Gasteiger partial charge in [0, 0.05) is 34.8 Å². The molecule has 0 spiro atoms. The summed E-state index contributed by atoms with van der Waals surface area (Å²) in [7, 11) is 0. The number of hydrogen-bond acceptors (Lipinski definition) is 6. The number of nitro groups is 1. The van der Waals surface area contributed by atoms with E-state index in [9.17, 15) is 10.1 Å². The third-order valence-electron chi connectivity index (χ3n) is 2.30. The molecule has 98 valence electrons. The van der Waals surface area contributed by atoms with Gasteiger partial charge in [-0.15, -0.1) is 0 Å². The van der Waals surface area contributed by atoms with Crippen molar-refractivity contribution in [3.63, 3.8) is 0 Å². The van der Waals surface area contributed by atoms with E-state index in [-0.39, 0.29) is 5.69 Å². The lowest BCUT2D eigenvalue weighted by Crippen LogP contribution is -1.97. The van der Waals surface area contributed by atoms with E-state index in [4.69, 9.17) is 17.3 Å². The highest BCUT2D eigenvalue weighted by atomic mass is 35.5. The molecule has 0 radical (unpaired) electrons. The predicted molar refractivity (Wildman–Crippen MR) is 74.1 cm³/mol. The normalized spacial score (nSPS) is 10.4. The molecule has 0 atom stereocenters. The van der Waals surface area contributed by atoms with E-state index < -0.39 is 4.92 Å². The number of rotatable bonds is 4. The largest absolute Gasteiger partial charge is 0.381 e. The Bertz CT molecular complexity index is 623. The Balaban J connectivity index is 2.20. The smallest absolute Gasteiger partial charge is 0.274 e. The standard InChI is InChI=1S/C11H9ClN4O2S/c12-8-2-1-7(9(5-8)16(17)18)6-19-11-10(13)14-3-4-15-11/h1-5H,6H2,(H2,13,14). The molecular weight excluding hydrogens is 288 g/mol. The van der Waals surface area contributed by atoms with Gasteiger partial charge in [-0.05, 0) is 12.1 Å². The van der Waals surface area contributed by atoms with Crippen LogP contribution in [0.25, 0.3) is 0 Å². The zero-order valence-corrected chi connectivity index (χ0v) is 11.2. The Labute approximate surface area is 118 Å². The molecule has 0 amide bonds. The summed E-state index contributed by atoms with van der Waals surface area (Å²) >= 11 is 7.04. The summed E-state index contributed by atoms with van der Waals surface area (Å²) in [5.74, 6) is 0.681. The molecule has 8 heteroatoms. The quantitative estimate of drug-likeness (QED) is 0.529. The summed E-state index contributed by atoms with van der Waals surface area (Å²) in [6.07, 6.45) is 3.01. The van der Waals surface area contributed by atoms with Crippen molar-refractivity contribution in [1.82, 2.24) is 9.97 Å². The molecule has 0 fully saturated rings. The first-order valence-corrected chi connectivity index (χ1v) is 6.56. The van der Waals surface area contributed by atoms with Crippen molar-refractivity contribution < 1.29 is 4.92 Å². The fourth-order valence-corrected chi connectivity index (χ4v) is 2.46. The lowest BCUT2D eigenvalue weighted by atomic mass is 10.2. The number of nitrogens with zero attached hydrogens (tertiary/aromatic N) is 3. The van der Waals surface area contributed by atoms with Crippen LogP contribution < -0.4 is 5.73 Å². The van der Waals surface area contributed by atoms with Crippen LogP contribution in [0.1, 0.15) is 5.56 Å². The number of thioether (sulfide) groups is 1. The summed E-state index contributed by atoms with van der Waals surface area (Å²) in [6, 6.07) is 4.57. The Kier molecular flexibility index (Phi) is 4.18. The second-order valence-electron chi connectivity index (χ2n) is 3.57. The van der Waals surface area contributed by atoms with Crippen molar-refractivity contribution in [2.45, 2.75) is 10.8 Å². The van der Waals surface area contributed by atoms with Crippen molar-refractivity contribution in [2.24, 2.45) is 0 Å². The molecule has 2 aromatic rings. The van der Waals surface area contributed by atoms with Crippen LogP contribution in [-0.4, -0.2) is 14.9 Å². The van der Waals surface area contributed by atoms with Gasteiger partial charge in [-0.1, -0.05) is 23.4 Å². The minimum absolute atomic E-state index is 0.0116. The molecule has 1 aromatic heterocycles. The van der Waals surface area contributed by atoms with Crippen LogP contribution in [0.3, 0.4) is 0 Å². The molecule has 2 N–H and O–H groups in total. The van der Waals surface area contributed by atoms with Crippen molar-refractivity contribution in [2.75, 3.05) is 5.73 Å². The fraction of sp³-hybridized carbons (Fsp3) is 0.0909. The maximum atomic E-state index is 10.9. The molecule has 0 aliphatic heterocycles. The predicted octanol–water partition coefficient (Wildman–Crippen LogP) is 2.91. The molecule has 2 rings (SSSR count). The highest BCUT2D eigenvalue weighted by molar-refractivity contribution is 7.98. The van der Waals surface area contributed by atoms with Crippen LogP contribution in [0.15, 0.2) is 35.6 Å². The monoisotopic (exact) mass is 296 g/mol. The number of aromatic nitrogens is 2. The van der Waals surface area contributed by atoms with Crippen LogP contribution in [0, 0.1) is 10.1 Å². The average molecular weight is 297 g/mol. The number of hydrogen-bond donors (Lipinski definition) is 1. The Morgan fingerprint density at radius 3 is 2.79 bits per heavy atom. The third-order valence-corrected chi connectivity index (χ3v) is 3.58. The Morgan fingerprint density at radius 1 is 1.37 bits per heavy atom. The molecule has 0 bridgehead atoms. The number of nitro benzene ring substituents is 1. The lowest BCUT2D eigenvalue weighted by molar-refractivity contribution is -0.385. The van der Waals surface area contributed by atoms with Crippen LogP contribution >= 0.6 is 23.4 Å². The van der Waals surface area contributed by atoms with Crippen LogP contribution in [0.4, 0.5) is 11.5 Å². The first-order chi connectivity index (χ1) is 9.08. The Hall–Kier alpha value is -1.86. The van der Waals surface area contributed by atoms with Gasteiger partial charge >= 0.3 is 0 Å². The first kappa shape index (κ1) is 13.6. The van der Waals surface area contributed by atoms with Gasteiger partial charge in [0.25, 0.3) is 5.69 Å². The maximum Gasteiger partial charge on any atom is 0.274 e. The average Bonchev–Trinajstić information content (AvgIpc) is 2.38. The van der Waals surface area contributed by atoms with E-state index in [1.165, 1.54) is 30.2 Å². The molecule has 0 aliphatic rings. The summed E-state index contributed by atoms with van der Waals surface area (Å²) < 4.78 is 0. The van der Waals surface area contributed by atoms with E-state index >= 15 is 0 Å². The first-order valence-electron chi connectivity index (χ1n) is 5.20. The summed E-state index contributed by atoms with van der Waals surface area (Å²) in [5, 5.41) is 11.8. The summed E-state index contributed by atoms with van der Waals surface area (Å²) in [5.41, 5.74) is 6.21. The molecule has 0 unspecified atom stereocenters. The molecule has 1 aromatic carbocycles. The SMILES string of the molecule is Nc1nccnc1SCc1ccc(Cl)cc1[N+](=O)[O-]. The molecular formula is C11H9ClN4O2S. The van der Waals surface area contributed by atoms with Crippen molar-refractivity contribution in [1.29, 1.82) is 0 Å². The van der Waals surface area contributed by atoms with E-state index in [2.05, 4.69) is 9.97 Å². The van der Waals surface area contributed by atoms with Gasteiger partial charge in [0.15, 0.2) is 5.82 Å². The molecule has 1 heterocycles. The minimum Gasteiger partial charge on any atom is -0.381 e. The van der Waals surface area contributed by atoms with Crippen LogP contribution in [0.2, 0.25) is 5.02 Å². The highest BCUT2D eigenvalue weighted by Gasteiger charge is 2.15.